The first-order chi connectivity index (χ1) is 12.4. The summed E-state index contributed by atoms with van der Waals surface area (Å²) in [5.74, 6) is 0.377. The molecule has 1 aromatic rings. The van der Waals surface area contributed by atoms with E-state index in [9.17, 15) is 18.0 Å². The van der Waals surface area contributed by atoms with Crippen LogP contribution in [0.5, 0.6) is 0 Å². The second-order valence-electron chi connectivity index (χ2n) is 7.10. The van der Waals surface area contributed by atoms with Crippen molar-refractivity contribution in [3.63, 3.8) is 0 Å². The molecule has 1 atom stereocenters. The Balaban J connectivity index is 1.47. The number of hydrogen-bond donors (Lipinski definition) is 3. The van der Waals surface area contributed by atoms with Crippen LogP contribution in [0.15, 0.2) is 24.3 Å². The summed E-state index contributed by atoms with van der Waals surface area (Å²) in [7, 11) is -3.05. The Labute approximate surface area is 153 Å². The monoisotopic (exact) mass is 379 g/mol. The van der Waals surface area contributed by atoms with Crippen LogP contribution in [0.3, 0.4) is 0 Å². The third kappa shape index (κ3) is 5.20. The van der Waals surface area contributed by atoms with Gasteiger partial charge in [-0.3, -0.25) is 4.79 Å². The molecule has 0 aromatic heterocycles. The molecular formula is C18H25N3O4S. The van der Waals surface area contributed by atoms with E-state index in [2.05, 4.69) is 16.0 Å². The normalized spacial score (nSPS) is 22.1. The van der Waals surface area contributed by atoms with Crippen molar-refractivity contribution in [2.24, 2.45) is 5.92 Å². The average Bonchev–Trinajstić information content (AvgIpc) is 2.50. The molecule has 0 radical (unpaired) electrons. The van der Waals surface area contributed by atoms with Crippen LogP contribution >= 0.6 is 0 Å². The predicted octanol–water partition coefficient (Wildman–Crippen LogP) is 1.80. The van der Waals surface area contributed by atoms with Crippen molar-refractivity contribution in [3.05, 3.63) is 29.8 Å². The molecule has 0 unspecified atom stereocenters. The molecule has 1 heterocycles. The average molecular weight is 379 g/mol. The first kappa shape index (κ1) is 18.7. The van der Waals surface area contributed by atoms with Crippen LogP contribution in [0, 0.1) is 5.92 Å². The zero-order chi connectivity index (χ0) is 18.6. The minimum absolute atomic E-state index is 0.00308. The molecule has 3 rings (SSSR count). The number of carbonyl (C=O) groups is 2. The summed E-state index contributed by atoms with van der Waals surface area (Å²) in [6.45, 7) is 0.304. The molecule has 142 valence electrons. The molecule has 1 aliphatic carbocycles. The Morgan fingerprint density at radius 3 is 2.62 bits per heavy atom. The van der Waals surface area contributed by atoms with Crippen molar-refractivity contribution >= 4 is 27.5 Å². The van der Waals surface area contributed by atoms with Gasteiger partial charge in [-0.05, 0) is 43.4 Å². The number of amides is 3. The fraction of sp³-hybridized carbons (Fsp3) is 0.556. The van der Waals surface area contributed by atoms with Gasteiger partial charge < -0.3 is 16.0 Å². The molecule has 26 heavy (non-hydrogen) atoms. The van der Waals surface area contributed by atoms with E-state index in [1.807, 2.05) is 24.3 Å². The van der Waals surface area contributed by atoms with E-state index >= 15 is 0 Å². The Bertz CT molecular complexity index is 774. The van der Waals surface area contributed by atoms with Crippen LogP contribution < -0.4 is 16.0 Å². The predicted molar refractivity (Wildman–Crippen MR) is 99.5 cm³/mol. The van der Waals surface area contributed by atoms with Crippen molar-refractivity contribution < 1.29 is 18.0 Å². The highest BCUT2D eigenvalue weighted by Crippen LogP contribution is 2.27. The highest BCUT2D eigenvalue weighted by Gasteiger charge is 2.26. The third-order valence-corrected chi connectivity index (χ3v) is 6.74. The molecule has 0 bridgehead atoms. The van der Waals surface area contributed by atoms with Gasteiger partial charge in [0.05, 0.1) is 11.5 Å². The SMILES string of the molecule is O=C(NCc1cccc(NC(=O)C2CCC2)c1)N[C@H]1CCCS(=O)(=O)C1. The number of nitrogens with one attached hydrogen (secondary N) is 3. The summed E-state index contributed by atoms with van der Waals surface area (Å²) in [6.07, 6.45) is 4.26. The number of rotatable bonds is 5. The standard InChI is InChI=1S/C18H25N3O4S/c22-17(14-5-2-6-14)20-15-7-1-4-13(10-15)11-19-18(23)21-16-8-3-9-26(24,25)12-16/h1,4,7,10,14,16H,2-3,5-6,8-9,11-12H2,(H,20,22)(H2,19,21,23)/t16-/m0/s1. The number of anilines is 1. The van der Waals surface area contributed by atoms with Gasteiger partial charge in [0.2, 0.25) is 5.91 Å². The molecule has 8 heteroatoms. The minimum Gasteiger partial charge on any atom is -0.334 e. The number of hydrogen-bond acceptors (Lipinski definition) is 4. The molecule has 3 N–H and O–H groups in total. The van der Waals surface area contributed by atoms with Gasteiger partial charge in [-0.15, -0.1) is 0 Å². The summed E-state index contributed by atoms with van der Waals surface area (Å²) >= 11 is 0. The second kappa shape index (κ2) is 8.07. The first-order valence-corrected chi connectivity index (χ1v) is 10.9. The molecule has 3 amide bonds. The van der Waals surface area contributed by atoms with E-state index in [-0.39, 0.29) is 35.4 Å². The van der Waals surface area contributed by atoms with Gasteiger partial charge >= 0.3 is 6.03 Å². The summed E-state index contributed by atoms with van der Waals surface area (Å²) in [6, 6.07) is 6.65. The van der Waals surface area contributed by atoms with Crippen molar-refractivity contribution in [1.82, 2.24) is 10.6 Å². The Morgan fingerprint density at radius 1 is 1.12 bits per heavy atom. The van der Waals surface area contributed by atoms with Gasteiger partial charge in [0.1, 0.15) is 0 Å². The minimum atomic E-state index is -3.05. The number of carbonyl (C=O) groups excluding carboxylic acids is 2. The summed E-state index contributed by atoms with van der Waals surface area (Å²) in [5, 5.41) is 8.38. The smallest absolute Gasteiger partial charge is 0.315 e. The van der Waals surface area contributed by atoms with Crippen LogP contribution in [0.1, 0.15) is 37.7 Å². The molecule has 2 fully saturated rings. The zero-order valence-electron chi connectivity index (χ0n) is 14.7. The number of sulfone groups is 1. The molecule has 1 saturated heterocycles. The van der Waals surface area contributed by atoms with Crippen LogP contribution in [0.4, 0.5) is 10.5 Å². The van der Waals surface area contributed by atoms with E-state index in [0.29, 0.717) is 19.4 Å². The number of urea groups is 1. The highest BCUT2D eigenvalue weighted by atomic mass is 32.2. The van der Waals surface area contributed by atoms with Gasteiger partial charge in [0.15, 0.2) is 9.84 Å². The molecule has 0 spiro atoms. The fourth-order valence-corrected chi connectivity index (χ4v) is 4.87. The molecule has 1 saturated carbocycles. The van der Waals surface area contributed by atoms with Crippen molar-refractivity contribution in [1.29, 1.82) is 0 Å². The van der Waals surface area contributed by atoms with E-state index in [1.165, 1.54) is 0 Å². The lowest BCUT2D eigenvalue weighted by Gasteiger charge is -2.24. The summed E-state index contributed by atoms with van der Waals surface area (Å²) < 4.78 is 23.2. The third-order valence-electron chi connectivity index (χ3n) is 4.92. The van der Waals surface area contributed by atoms with Crippen LogP contribution in [-0.4, -0.2) is 37.9 Å². The van der Waals surface area contributed by atoms with E-state index < -0.39 is 9.84 Å². The summed E-state index contributed by atoms with van der Waals surface area (Å²) in [4.78, 5) is 24.0. The van der Waals surface area contributed by atoms with Gasteiger partial charge in [-0.25, -0.2) is 13.2 Å². The maximum Gasteiger partial charge on any atom is 0.315 e. The largest absolute Gasteiger partial charge is 0.334 e. The number of benzene rings is 1. The van der Waals surface area contributed by atoms with Gasteiger partial charge in [-0.1, -0.05) is 18.6 Å². The fourth-order valence-electron chi connectivity index (χ4n) is 3.23. The lowest BCUT2D eigenvalue weighted by atomic mass is 9.85. The lowest BCUT2D eigenvalue weighted by molar-refractivity contribution is -0.122. The van der Waals surface area contributed by atoms with E-state index in [0.717, 1.165) is 30.5 Å². The van der Waals surface area contributed by atoms with Crippen LogP contribution in [0.2, 0.25) is 0 Å². The molecular weight excluding hydrogens is 354 g/mol. The summed E-state index contributed by atoms with van der Waals surface area (Å²) in [5.41, 5.74) is 1.59. The van der Waals surface area contributed by atoms with E-state index in [1.54, 1.807) is 0 Å². The Morgan fingerprint density at radius 2 is 1.92 bits per heavy atom. The topological polar surface area (TPSA) is 104 Å². The molecule has 1 aromatic carbocycles. The van der Waals surface area contributed by atoms with Crippen LogP contribution in [-0.2, 0) is 21.2 Å². The van der Waals surface area contributed by atoms with Gasteiger partial charge in [0, 0.05) is 24.2 Å². The maximum absolute atomic E-state index is 12.0. The molecule has 2 aliphatic rings. The quantitative estimate of drug-likeness (QED) is 0.725. The van der Waals surface area contributed by atoms with Crippen molar-refractivity contribution in [2.75, 3.05) is 16.8 Å². The van der Waals surface area contributed by atoms with Crippen molar-refractivity contribution in [2.45, 2.75) is 44.7 Å². The maximum atomic E-state index is 12.0. The first-order valence-electron chi connectivity index (χ1n) is 9.06. The lowest BCUT2D eigenvalue weighted by Crippen LogP contribution is -2.47. The van der Waals surface area contributed by atoms with Crippen LogP contribution in [0.25, 0.3) is 0 Å². The Hall–Kier alpha value is -2.09. The van der Waals surface area contributed by atoms with Gasteiger partial charge in [-0.2, -0.15) is 0 Å². The Kier molecular flexibility index (Phi) is 5.80. The van der Waals surface area contributed by atoms with Gasteiger partial charge in [0.25, 0.3) is 0 Å². The second-order valence-corrected chi connectivity index (χ2v) is 9.33. The van der Waals surface area contributed by atoms with Crippen molar-refractivity contribution in [3.8, 4) is 0 Å². The molecule has 7 nitrogen and oxygen atoms in total. The highest BCUT2D eigenvalue weighted by molar-refractivity contribution is 7.91. The van der Waals surface area contributed by atoms with E-state index in [4.69, 9.17) is 0 Å². The molecule has 1 aliphatic heterocycles. The zero-order valence-corrected chi connectivity index (χ0v) is 15.5.